The SMILES string of the molecule is CCCCCCCCCCCCCCCC(=O)[O-].CCCCCCCCCCCCCCC[C](=O)[K].[K+]. The average molecular weight is 573 g/mol. The molecule has 0 saturated carbocycles. The fourth-order valence-corrected chi connectivity index (χ4v) is 5.23. The third-order valence-corrected chi connectivity index (χ3v) is 7.90. The van der Waals surface area contributed by atoms with Gasteiger partial charge in [0.05, 0.1) is 0 Å². The maximum atomic E-state index is 10.8. The van der Waals surface area contributed by atoms with E-state index in [2.05, 4.69) is 13.8 Å². The Morgan fingerprint density at radius 1 is 0.432 bits per heavy atom. The molecular weight excluding hydrogens is 511 g/mol. The van der Waals surface area contributed by atoms with Crippen LogP contribution in [0.2, 0.25) is 0 Å². The smallest absolute Gasteiger partial charge is 1.00 e. The summed E-state index contributed by atoms with van der Waals surface area (Å²) in [4.78, 5) is 21.0. The first kappa shape index (κ1) is 43.9. The Hall–Kier alpha value is 2.41. The predicted molar refractivity (Wildman–Crippen MR) is 156 cm³/mol. The van der Waals surface area contributed by atoms with Gasteiger partial charge in [-0.05, 0) is 12.8 Å². The minimum Gasteiger partial charge on any atom is 1.00 e. The van der Waals surface area contributed by atoms with Gasteiger partial charge in [0.2, 0.25) is 0 Å². The molecule has 3 nitrogen and oxygen atoms in total. The normalized spacial score (nSPS) is 10.5. The Bertz CT molecular complexity index is 404. The fourth-order valence-electron chi connectivity index (χ4n) is 4.68. The summed E-state index contributed by atoms with van der Waals surface area (Å²) in [6.45, 7) is 4.53. The molecule has 0 heterocycles. The van der Waals surface area contributed by atoms with Crippen LogP contribution in [0.15, 0.2) is 0 Å². The van der Waals surface area contributed by atoms with E-state index in [-0.39, 0.29) is 57.8 Å². The molecule has 0 aromatic heterocycles. The van der Waals surface area contributed by atoms with Gasteiger partial charge in [-0.2, -0.15) is 0 Å². The number of carboxylic acids is 1. The molecule has 0 aliphatic heterocycles. The minimum absolute atomic E-state index is 0. The summed E-state index contributed by atoms with van der Waals surface area (Å²) >= 11 is 0.421. The largest absolute Gasteiger partial charge is 1.00 e. The van der Waals surface area contributed by atoms with Crippen LogP contribution in [0.5, 0.6) is 0 Å². The summed E-state index contributed by atoms with van der Waals surface area (Å²) in [6, 6.07) is 0. The molecule has 0 aliphatic carbocycles. The second kappa shape index (κ2) is 40.6. The molecule has 0 radical (unpaired) electrons. The van der Waals surface area contributed by atoms with Crippen molar-refractivity contribution in [2.24, 2.45) is 0 Å². The van der Waals surface area contributed by atoms with Crippen molar-refractivity contribution >= 4 is 54.8 Å². The Morgan fingerprint density at radius 3 is 0.865 bits per heavy atom. The summed E-state index contributed by atoms with van der Waals surface area (Å²) in [5, 5.41) is 10.2. The van der Waals surface area contributed by atoms with Gasteiger partial charge in [0, 0.05) is 5.97 Å². The zero-order chi connectivity index (χ0) is 27.0. The van der Waals surface area contributed by atoms with Crippen molar-refractivity contribution in [3.8, 4) is 0 Å². The molecule has 37 heavy (non-hydrogen) atoms. The molecule has 0 fully saturated rings. The van der Waals surface area contributed by atoms with Crippen molar-refractivity contribution in [3.63, 3.8) is 0 Å². The van der Waals surface area contributed by atoms with E-state index in [1.54, 1.807) is 0 Å². The third kappa shape index (κ3) is 48.5. The van der Waals surface area contributed by atoms with Crippen LogP contribution in [-0.4, -0.2) is 54.8 Å². The summed E-state index contributed by atoms with van der Waals surface area (Å²) < 4.78 is 0.533. The first-order chi connectivity index (χ1) is 17.5. The second-order valence-corrected chi connectivity index (χ2v) is 12.8. The summed E-state index contributed by atoms with van der Waals surface area (Å²) in [5.74, 6) is -0.905. The number of unbranched alkanes of at least 4 members (excludes halogenated alkanes) is 24. The molecule has 0 N–H and O–H groups in total. The van der Waals surface area contributed by atoms with E-state index in [0.29, 0.717) is 48.8 Å². The van der Waals surface area contributed by atoms with E-state index in [0.717, 1.165) is 25.7 Å². The molecule has 0 bridgehead atoms. The first-order valence-electron chi connectivity index (χ1n) is 16.2. The van der Waals surface area contributed by atoms with Gasteiger partial charge in [0.15, 0.2) is 0 Å². The molecular formula is C32H62K2O3. The van der Waals surface area contributed by atoms with Gasteiger partial charge in [0.25, 0.3) is 0 Å². The number of carbonyl (C=O) groups is 2. The first-order valence-corrected chi connectivity index (χ1v) is 17.8. The third-order valence-electron chi connectivity index (χ3n) is 7.12. The fraction of sp³-hybridized carbons (Fsp3) is 0.938. The van der Waals surface area contributed by atoms with Crippen molar-refractivity contribution in [3.05, 3.63) is 0 Å². The van der Waals surface area contributed by atoms with Crippen LogP contribution in [-0.2, 0) is 9.59 Å². The van der Waals surface area contributed by atoms with Crippen molar-refractivity contribution in [1.82, 2.24) is 0 Å². The number of carboxylic acid groups (broad SMARTS) is 1. The maximum Gasteiger partial charge on any atom is 1.00 e. The molecule has 0 aromatic rings. The Kier molecular flexibility index (Phi) is 48.1. The maximum absolute atomic E-state index is 10.8. The van der Waals surface area contributed by atoms with E-state index < -0.39 is 5.97 Å². The van der Waals surface area contributed by atoms with E-state index in [9.17, 15) is 14.7 Å². The van der Waals surface area contributed by atoms with Crippen LogP contribution in [0.1, 0.15) is 194 Å². The Balaban J connectivity index is -0.000000608. The van der Waals surface area contributed by atoms with Crippen molar-refractivity contribution in [1.29, 1.82) is 0 Å². The molecule has 0 spiro atoms. The van der Waals surface area contributed by atoms with Crippen LogP contribution in [0.4, 0.5) is 0 Å². The molecule has 0 aromatic carbocycles. The van der Waals surface area contributed by atoms with Gasteiger partial charge < -0.3 is 9.90 Å². The molecule has 0 rings (SSSR count). The van der Waals surface area contributed by atoms with Crippen molar-refractivity contribution in [2.45, 2.75) is 194 Å². The Labute approximate surface area is 309 Å². The van der Waals surface area contributed by atoms with E-state index in [1.807, 2.05) is 0 Å². The predicted octanol–water partition coefficient (Wildman–Crippen LogP) is 6.38. The van der Waals surface area contributed by atoms with Gasteiger partial charge >= 0.3 is 176 Å². The number of carbonyl (C=O) groups excluding carboxylic acids is 2. The zero-order valence-corrected chi connectivity index (χ0v) is 32.3. The van der Waals surface area contributed by atoms with Crippen LogP contribution in [0.3, 0.4) is 0 Å². The zero-order valence-electron chi connectivity index (χ0n) is 26.0. The van der Waals surface area contributed by atoms with Gasteiger partial charge in [-0.1, -0.05) is 110 Å². The van der Waals surface area contributed by atoms with E-state index in [4.69, 9.17) is 0 Å². The second-order valence-electron chi connectivity index (χ2n) is 11.1. The molecule has 5 heteroatoms. The van der Waals surface area contributed by atoms with Crippen LogP contribution >= 0.6 is 0 Å². The van der Waals surface area contributed by atoms with Crippen LogP contribution < -0.4 is 56.5 Å². The van der Waals surface area contributed by atoms with Gasteiger partial charge in [-0.3, -0.25) is 0 Å². The van der Waals surface area contributed by atoms with E-state index >= 15 is 0 Å². The summed E-state index contributed by atoms with van der Waals surface area (Å²) in [6.07, 6.45) is 35.8. The quantitative estimate of drug-likeness (QED) is 0.0807. The van der Waals surface area contributed by atoms with Crippen LogP contribution in [0, 0.1) is 0 Å². The van der Waals surface area contributed by atoms with Gasteiger partial charge in [-0.15, -0.1) is 0 Å². The standard InChI is InChI=1S/C16H32O2.C16H31O.2K/c1-2-3-4-5-6-7-8-9-10-11-12-13-14-15-16(17)18;1-2-3-4-5-6-7-8-9-10-11-12-13-14-15-16-17;;/h2-15H2,1H3,(H,17,18);2-15H2,1H3;;/q;;;+1/p-1. The molecule has 0 aliphatic rings. The molecule has 0 amide bonds. The number of rotatable bonds is 28. The molecule has 0 atom stereocenters. The molecule has 0 unspecified atom stereocenters. The number of hydrogen-bond donors (Lipinski definition) is 0. The topological polar surface area (TPSA) is 57.2 Å². The molecule has 0 saturated heterocycles. The number of aliphatic carboxylic acids is 1. The Morgan fingerprint density at radius 2 is 0.649 bits per heavy atom. The average Bonchev–Trinajstić information content (AvgIpc) is 2.85. The van der Waals surface area contributed by atoms with Gasteiger partial charge in [-0.25, -0.2) is 0 Å². The van der Waals surface area contributed by atoms with Gasteiger partial charge in [0.1, 0.15) is 0 Å². The summed E-state index contributed by atoms with van der Waals surface area (Å²) in [7, 11) is 0. The molecule has 210 valence electrons. The summed E-state index contributed by atoms with van der Waals surface area (Å²) in [5.41, 5.74) is 0. The van der Waals surface area contributed by atoms with Crippen molar-refractivity contribution < 1.29 is 66.1 Å². The minimum atomic E-state index is -0.905. The number of hydrogen-bond acceptors (Lipinski definition) is 3. The van der Waals surface area contributed by atoms with E-state index in [1.165, 1.54) is 148 Å². The monoisotopic (exact) mass is 572 g/mol. The van der Waals surface area contributed by atoms with Crippen LogP contribution in [0.25, 0.3) is 0 Å². The van der Waals surface area contributed by atoms with Crippen molar-refractivity contribution in [2.75, 3.05) is 0 Å².